The number of nitrogen functional groups attached to an aromatic ring is 1. The zero-order chi connectivity index (χ0) is 14.4. The molecule has 0 unspecified atom stereocenters. The molecule has 0 aliphatic carbocycles. The minimum Gasteiger partial charge on any atom is -0.383 e. The molecular formula is C14H10BrClFN3. The third-order valence-corrected chi connectivity index (χ3v) is 4.27. The molecule has 0 fully saturated rings. The number of aromatic nitrogens is 2. The van der Waals surface area contributed by atoms with Crippen LogP contribution >= 0.6 is 27.5 Å². The lowest BCUT2D eigenvalue weighted by Gasteiger charge is -2.03. The van der Waals surface area contributed by atoms with Gasteiger partial charge in [-0.1, -0.05) is 17.7 Å². The molecule has 0 aliphatic heterocycles. The molecular weight excluding hydrogens is 345 g/mol. The third-order valence-electron chi connectivity index (χ3n) is 3.15. The average Bonchev–Trinajstić information content (AvgIpc) is 2.71. The highest BCUT2D eigenvalue weighted by molar-refractivity contribution is 9.10. The quantitative estimate of drug-likeness (QED) is 0.702. The number of aryl methyl sites for hydroxylation is 1. The number of imidazole rings is 1. The molecule has 1 aromatic carbocycles. The molecule has 3 rings (SSSR count). The summed E-state index contributed by atoms with van der Waals surface area (Å²) in [6.45, 7) is 1.95. The second kappa shape index (κ2) is 4.75. The number of hydrogen-bond donors (Lipinski definition) is 1. The predicted octanol–water partition coefficient (Wildman–Crippen LogP) is 4.45. The van der Waals surface area contributed by atoms with Crippen LogP contribution < -0.4 is 5.73 Å². The molecule has 0 aliphatic rings. The van der Waals surface area contributed by atoms with Crippen molar-refractivity contribution in [2.75, 3.05) is 5.73 Å². The van der Waals surface area contributed by atoms with Crippen LogP contribution in [-0.2, 0) is 0 Å². The molecule has 0 spiro atoms. The summed E-state index contributed by atoms with van der Waals surface area (Å²) in [6.07, 6.45) is 1.82. The molecule has 3 nitrogen and oxygen atoms in total. The van der Waals surface area contributed by atoms with Gasteiger partial charge in [-0.2, -0.15) is 0 Å². The lowest BCUT2D eigenvalue weighted by Crippen LogP contribution is -1.96. The lowest BCUT2D eigenvalue weighted by atomic mass is 10.1. The van der Waals surface area contributed by atoms with E-state index >= 15 is 0 Å². The SMILES string of the molecule is Cc1cc2nc(-c3cccc(Cl)c3F)c(N)n2cc1Br. The zero-order valence-corrected chi connectivity index (χ0v) is 12.8. The van der Waals surface area contributed by atoms with Crippen molar-refractivity contribution in [1.29, 1.82) is 0 Å². The molecule has 2 aromatic heterocycles. The van der Waals surface area contributed by atoms with Gasteiger partial charge >= 0.3 is 0 Å². The van der Waals surface area contributed by atoms with Crippen molar-refractivity contribution < 1.29 is 4.39 Å². The van der Waals surface area contributed by atoms with Crippen molar-refractivity contribution in [3.8, 4) is 11.3 Å². The van der Waals surface area contributed by atoms with E-state index < -0.39 is 5.82 Å². The second-order valence-electron chi connectivity index (χ2n) is 4.48. The summed E-state index contributed by atoms with van der Waals surface area (Å²) in [5, 5.41) is 0.0521. The standard InChI is InChI=1S/C14H10BrClFN3/c1-7-5-11-19-13(14(18)20(11)6-9(7)15)8-3-2-4-10(16)12(8)17/h2-6H,18H2,1H3. The molecule has 0 saturated carbocycles. The summed E-state index contributed by atoms with van der Waals surface area (Å²) in [4.78, 5) is 4.40. The maximum atomic E-state index is 14.1. The van der Waals surface area contributed by atoms with Crippen LogP contribution in [0.2, 0.25) is 5.02 Å². The Morgan fingerprint density at radius 3 is 2.90 bits per heavy atom. The number of pyridine rings is 1. The van der Waals surface area contributed by atoms with E-state index in [1.165, 1.54) is 6.07 Å². The van der Waals surface area contributed by atoms with Gasteiger partial charge in [-0.25, -0.2) is 9.37 Å². The number of nitrogens with zero attached hydrogens (tertiary/aromatic N) is 2. The van der Waals surface area contributed by atoms with Crippen molar-refractivity contribution in [2.45, 2.75) is 6.92 Å². The molecule has 20 heavy (non-hydrogen) atoms. The van der Waals surface area contributed by atoms with Gasteiger partial charge in [0.05, 0.1) is 5.02 Å². The van der Waals surface area contributed by atoms with Crippen LogP contribution in [0.15, 0.2) is 34.9 Å². The Labute approximate surface area is 128 Å². The minimum atomic E-state index is -0.514. The number of benzene rings is 1. The van der Waals surface area contributed by atoms with Crippen LogP contribution in [0.4, 0.5) is 10.2 Å². The van der Waals surface area contributed by atoms with E-state index in [2.05, 4.69) is 20.9 Å². The van der Waals surface area contributed by atoms with Crippen molar-refractivity contribution in [2.24, 2.45) is 0 Å². The number of fused-ring (bicyclic) bond motifs is 1. The maximum absolute atomic E-state index is 14.1. The number of halogens is 3. The van der Waals surface area contributed by atoms with Gasteiger partial charge in [-0.15, -0.1) is 0 Å². The summed E-state index contributed by atoms with van der Waals surface area (Å²) >= 11 is 9.25. The van der Waals surface area contributed by atoms with Crippen LogP contribution in [0, 0.1) is 12.7 Å². The molecule has 3 aromatic rings. The van der Waals surface area contributed by atoms with Gasteiger partial charge in [0.15, 0.2) is 5.82 Å². The fourth-order valence-electron chi connectivity index (χ4n) is 2.06. The molecule has 0 saturated heterocycles. The molecule has 0 bridgehead atoms. The second-order valence-corrected chi connectivity index (χ2v) is 5.74. The average molecular weight is 355 g/mol. The molecule has 0 amide bonds. The molecule has 6 heteroatoms. The number of rotatable bonds is 1. The zero-order valence-electron chi connectivity index (χ0n) is 10.5. The normalized spacial score (nSPS) is 11.2. The number of anilines is 1. The first kappa shape index (κ1) is 13.4. The third kappa shape index (κ3) is 1.98. The topological polar surface area (TPSA) is 43.3 Å². The highest BCUT2D eigenvalue weighted by atomic mass is 79.9. The van der Waals surface area contributed by atoms with E-state index in [-0.39, 0.29) is 5.02 Å². The summed E-state index contributed by atoms with van der Waals surface area (Å²) in [5.74, 6) is -0.137. The summed E-state index contributed by atoms with van der Waals surface area (Å²) in [7, 11) is 0. The van der Waals surface area contributed by atoms with Crippen LogP contribution in [-0.4, -0.2) is 9.38 Å². The summed E-state index contributed by atoms with van der Waals surface area (Å²) in [5.41, 5.74) is 8.46. The molecule has 0 radical (unpaired) electrons. The van der Waals surface area contributed by atoms with E-state index in [1.54, 1.807) is 16.5 Å². The highest BCUT2D eigenvalue weighted by Gasteiger charge is 2.17. The van der Waals surface area contributed by atoms with E-state index in [1.807, 2.05) is 19.2 Å². The Morgan fingerprint density at radius 1 is 1.40 bits per heavy atom. The van der Waals surface area contributed by atoms with E-state index in [9.17, 15) is 4.39 Å². The van der Waals surface area contributed by atoms with Gasteiger partial charge in [0, 0.05) is 16.2 Å². The number of nitrogens with two attached hydrogens (primary N) is 1. The van der Waals surface area contributed by atoms with Crippen LogP contribution in [0.25, 0.3) is 16.9 Å². The summed E-state index contributed by atoms with van der Waals surface area (Å²) in [6, 6.07) is 6.66. The molecule has 2 N–H and O–H groups in total. The Bertz CT molecular complexity index is 829. The fraction of sp³-hybridized carbons (Fsp3) is 0.0714. The van der Waals surface area contributed by atoms with E-state index in [0.717, 1.165) is 10.0 Å². The van der Waals surface area contributed by atoms with Crippen molar-refractivity contribution in [1.82, 2.24) is 9.38 Å². The van der Waals surface area contributed by atoms with Gasteiger partial charge in [0.1, 0.15) is 17.2 Å². The Kier molecular flexibility index (Phi) is 3.18. The van der Waals surface area contributed by atoms with Crippen LogP contribution in [0.1, 0.15) is 5.56 Å². The van der Waals surface area contributed by atoms with Crippen LogP contribution in [0.5, 0.6) is 0 Å². The Hall–Kier alpha value is -1.59. The van der Waals surface area contributed by atoms with Gasteiger partial charge in [-0.05, 0) is 46.6 Å². The minimum absolute atomic E-state index is 0.0521. The van der Waals surface area contributed by atoms with Gasteiger partial charge in [0.25, 0.3) is 0 Å². The van der Waals surface area contributed by atoms with Crippen molar-refractivity contribution in [3.63, 3.8) is 0 Å². The van der Waals surface area contributed by atoms with Crippen molar-refractivity contribution >= 4 is 39.0 Å². The smallest absolute Gasteiger partial charge is 0.151 e. The van der Waals surface area contributed by atoms with E-state index in [4.69, 9.17) is 17.3 Å². The van der Waals surface area contributed by atoms with Gasteiger partial charge < -0.3 is 5.73 Å². The number of hydrogen-bond acceptors (Lipinski definition) is 2. The monoisotopic (exact) mass is 353 g/mol. The predicted molar refractivity (Wildman–Crippen MR) is 82.4 cm³/mol. The van der Waals surface area contributed by atoms with Crippen LogP contribution in [0.3, 0.4) is 0 Å². The first-order chi connectivity index (χ1) is 9.49. The van der Waals surface area contributed by atoms with E-state index in [0.29, 0.717) is 22.7 Å². The first-order valence-electron chi connectivity index (χ1n) is 5.87. The first-order valence-corrected chi connectivity index (χ1v) is 7.04. The van der Waals surface area contributed by atoms with Crippen molar-refractivity contribution in [3.05, 3.63) is 51.3 Å². The molecule has 0 atom stereocenters. The molecule has 102 valence electrons. The Balaban J connectivity index is 2.32. The summed E-state index contributed by atoms with van der Waals surface area (Å²) < 4.78 is 16.7. The Morgan fingerprint density at radius 2 is 2.15 bits per heavy atom. The molecule has 2 heterocycles. The highest BCUT2D eigenvalue weighted by Crippen LogP contribution is 2.32. The maximum Gasteiger partial charge on any atom is 0.151 e. The largest absolute Gasteiger partial charge is 0.383 e. The van der Waals surface area contributed by atoms with Gasteiger partial charge in [0.2, 0.25) is 0 Å². The fourth-order valence-corrected chi connectivity index (χ4v) is 2.56. The van der Waals surface area contributed by atoms with Gasteiger partial charge in [-0.3, -0.25) is 4.40 Å². The lowest BCUT2D eigenvalue weighted by molar-refractivity contribution is 0.631.